The Morgan fingerprint density at radius 2 is 1.87 bits per heavy atom. The molecule has 0 aromatic heterocycles. The third kappa shape index (κ3) is 2.19. The van der Waals surface area contributed by atoms with E-state index in [-0.39, 0.29) is 11.8 Å². The lowest BCUT2D eigenvalue weighted by Gasteiger charge is -2.23. The SMILES string of the molecule is O=[N+]([O-])c1ccc([C@@]23N=C(c4ccccc4)O[C@@H]2CCO3)cc1. The highest BCUT2D eigenvalue weighted by Gasteiger charge is 2.52. The molecule has 23 heavy (non-hydrogen) atoms. The van der Waals surface area contributed by atoms with Crippen LogP contribution in [0.25, 0.3) is 0 Å². The molecule has 1 fully saturated rings. The van der Waals surface area contributed by atoms with Crippen molar-refractivity contribution >= 4 is 11.6 Å². The van der Waals surface area contributed by atoms with Gasteiger partial charge in [-0.15, -0.1) is 0 Å². The molecule has 0 bridgehead atoms. The first kappa shape index (κ1) is 13.9. The van der Waals surface area contributed by atoms with Crippen molar-refractivity contribution in [3.05, 3.63) is 75.8 Å². The molecule has 0 amide bonds. The van der Waals surface area contributed by atoms with Gasteiger partial charge in [-0.3, -0.25) is 10.1 Å². The van der Waals surface area contributed by atoms with Crippen molar-refractivity contribution in [2.75, 3.05) is 6.61 Å². The van der Waals surface area contributed by atoms with Gasteiger partial charge in [0.25, 0.3) is 5.69 Å². The van der Waals surface area contributed by atoms with Gasteiger partial charge in [-0.1, -0.05) is 18.2 Å². The molecule has 2 aliphatic heterocycles. The second-order valence-electron chi connectivity index (χ2n) is 5.53. The second-order valence-corrected chi connectivity index (χ2v) is 5.53. The van der Waals surface area contributed by atoms with Crippen molar-refractivity contribution in [3.8, 4) is 0 Å². The molecule has 2 aliphatic rings. The number of hydrogen-bond acceptors (Lipinski definition) is 5. The lowest BCUT2D eigenvalue weighted by atomic mass is 9.98. The lowest BCUT2D eigenvalue weighted by molar-refractivity contribution is -0.384. The number of nitro benzene ring substituents is 1. The molecule has 0 saturated carbocycles. The molecule has 0 spiro atoms. The smallest absolute Gasteiger partial charge is 0.269 e. The number of nitrogens with zero attached hydrogens (tertiary/aromatic N) is 2. The third-order valence-electron chi connectivity index (χ3n) is 4.17. The summed E-state index contributed by atoms with van der Waals surface area (Å²) in [6, 6.07) is 16.0. The summed E-state index contributed by atoms with van der Waals surface area (Å²) in [5.74, 6) is 0.550. The first-order valence-electron chi connectivity index (χ1n) is 7.40. The van der Waals surface area contributed by atoms with E-state index in [9.17, 15) is 10.1 Å². The maximum Gasteiger partial charge on any atom is 0.269 e. The van der Waals surface area contributed by atoms with Crippen molar-refractivity contribution in [1.82, 2.24) is 0 Å². The third-order valence-corrected chi connectivity index (χ3v) is 4.17. The van der Waals surface area contributed by atoms with Crippen LogP contribution in [0.15, 0.2) is 59.6 Å². The highest BCUT2D eigenvalue weighted by molar-refractivity contribution is 5.95. The van der Waals surface area contributed by atoms with E-state index in [1.807, 2.05) is 30.3 Å². The molecule has 0 radical (unpaired) electrons. The lowest BCUT2D eigenvalue weighted by Crippen LogP contribution is -2.31. The summed E-state index contributed by atoms with van der Waals surface area (Å²) in [6.45, 7) is 0.549. The van der Waals surface area contributed by atoms with Gasteiger partial charge in [0.15, 0.2) is 6.10 Å². The van der Waals surface area contributed by atoms with E-state index >= 15 is 0 Å². The first-order chi connectivity index (χ1) is 11.2. The molecular weight excluding hydrogens is 296 g/mol. The van der Waals surface area contributed by atoms with Gasteiger partial charge in [0, 0.05) is 29.7 Å². The highest BCUT2D eigenvalue weighted by Crippen LogP contribution is 2.44. The Hall–Kier alpha value is -2.73. The average molecular weight is 310 g/mol. The van der Waals surface area contributed by atoms with Crippen molar-refractivity contribution in [2.45, 2.75) is 18.2 Å². The Morgan fingerprint density at radius 3 is 2.57 bits per heavy atom. The Balaban J connectivity index is 1.75. The zero-order valence-corrected chi connectivity index (χ0v) is 12.2. The number of non-ortho nitro benzene ring substituents is 1. The number of benzene rings is 2. The number of aliphatic imine (C=N–C) groups is 1. The maximum absolute atomic E-state index is 10.8. The van der Waals surface area contributed by atoms with Crippen molar-refractivity contribution in [2.24, 2.45) is 4.99 Å². The van der Waals surface area contributed by atoms with Gasteiger partial charge in [-0.05, 0) is 24.3 Å². The number of ether oxygens (including phenoxy) is 2. The summed E-state index contributed by atoms with van der Waals surface area (Å²) in [4.78, 5) is 15.1. The Morgan fingerprint density at radius 1 is 1.13 bits per heavy atom. The zero-order valence-electron chi connectivity index (χ0n) is 12.2. The van der Waals surface area contributed by atoms with Crippen LogP contribution in [-0.2, 0) is 15.2 Å². The van der Waals surface area contributed by atoms with E-state index in [2.05, 4.69) is 0 Å². The summed E-state index contributed by atoms with van der Waals surface area (Å²) in [7, 11) is 0. The Bertz CT molecular complexity index is 773. The molecule has 6 heteroatoms. The molecule has 0 aliphatic carbocycles. The largest absolute Gasteiger partial charge is 0.468 e. The molecule has 0 unspecified atom stereocenters. The van der Waals surface area contributed by atoms with Crippen LogP contribution < -0.4 is 0 Å². The van der Waals surface area contributed by atoms with Crippen molar-refractivity contribution in [3.63, 3.8) is 0 Å². The van der Waals surface area contributed by atoms with Gasteiger partial charge in [-0.25, -0.2) is 4.99 Å². The minimum atomic E-state index is -0.902. The summed E-state index contributed by atoms with van der Waals surface area (Å²) in [5.41, 5.74) is 0.814. The van der Waals surface area contributed by atoms with Gasteiger partial charge in [0.1, 0.15) is 0 Å². The highest BCUT2D eigenvalue weighted by atomic mass is 16.6. The van der Waals surface area contributed by atoms with Crippen LogP contribution in [0.3, 0.4) is 0 Å². The fourth-order valence-corrected chi connectivity index (χ4v) is 3.03. The molecule has 2 aromatic carbocycles. The topological polar surface area (TPSA) is 74.0 Å². The van der Waals surface area contributed by atoms with E-state index in [1.165, 1.54) is 12.1 Å². The number of rotatable bonds is 3. The van der Waals surface area contributed by atoms with Gasteiger partial charge in [0.2, 0.25) is 11.6 Å². The standard InChI is InChI=1S/C17H14N2O4/c20-19(21)14-8-6-13(7-9-14)17-15(10-11-22-17)23-16(18-17)12-4-2-1-3-5-12/h1-9,15H,10-11H2/t15-,17+/m1/s1. The molecule has 2 heterocycles. The van der Waals surface area contributed by atoms with E-state index in [1.54, 1.807) is 12.1 Å². The predicted molar refractivity (Wildman–Crippen MR) is 83.2 cm³/mol. The van der Waals surface area contributed by atoms with E-state index in [4.69, 9.17) is 14.5 Å². The van der Waals surface area contributed by atoms with E-state index in [0.29, 0.717) is 12.5 Å². The second kappa shape index (κ2) is 5.17. The van der Waals surface area contributed by atoms with Crippen LogP contribution in [0, 0.1) is 10.1 Å². The monoisotopic (exact) mass is 310 g/mol. The van der Waals surface area contributed by atoms with Crippen LogP contribution in [0.5, 0.6) is 0 Å². The van der Waals surface area contributed by atoms with Gasteiger partial charge in [0.05, 0.1) is 11.5 Å². The first-order valence-corrected chi connectivity index (χ1v) is 7.40. The van der Waals surface area contributed by atoms with Gasteiger partial charge in [-0.2, -0.15) is 0 Å². The quantitative estimate of drug-likeness (QED) is 0.645. The van der Waals surface area contributed by atoms with Crippen molar-refractivity contribution < 1.29 is 14.4 Å². The van der Waals surface area contributed by atoms with Gasteiger partial charge >= 0.3 is 0 Å². The van der Waals surface area contributed by atoms with Crippen LogP contribution >= 0.6 is 0 Å². The van der Waals surface area contributed by atoms with Crippen molar-refractivity contribution in [1.29, 1.82) is 0 Å². The Labute approximate surface area is 132 Å². The molecule has 116 valence electrons. The number of fused-ring (bicyclic) bond motifs is 1. The van der Waals surface area contributed by atoms with Gasteiger partial charge < -0.3 is 9.47 Å². The minimum absolute atomic E-state index is 0.0471. The summed E-state index contributed by atoms with van der Waals surface area (Å²) >= 11 is 0. The molecule has 0 N–H and O–H groups in total. The van der Waals surface area contributed by atoms with Crippen LogP contribution in [0.4, 0.5) is 5.69 Å². The van der Waals surface area contributed by atoms with E-state index < -0.39 is 10.6 Å². The fourth-order valence-electron chi connectivity index (χ4n) is 3.03. The summed E-state index contributed by atoms with van der Waals surface area (Å²) < 4.78 is 11.9. The van der Waals surface area contributed by atoms with Crippen LogP contribution in [-0.4, -0.2) is 23.5 Å². The number of nitro groups is 1. The zero-order chi connectivity index (χ0) is 15.9. The maximum atomic E-state index is 10.8. The predicted octanol–water partition coefficient (Wildman–Crippen LogP) is 3.01. The molecule has 4 rings (SSSR count). The molecule has 2 aromatic rings. The van der Waals surface area contributed by atoms with E-state index in [0.717, 1.165) is 17.5 Å². The molecular formula is C17H14N2O4. The van der Waals surface area contributed by atoms with Crippen LogP contribution in [0.2, 0.25) is 0 Å². The summed E-state index contributed by atoms with van der Waals surface area (Å²) in [5, 5.41) is 10.8. The van der Waals surface area contributed by atoms with Crippen LogP contribution in [0.1, 0.15) is 17.5 Å². The Kier molecular flexibility index (Phi) is 3.12. The normalized spacial score (nSPS) is 25.6. The minimum Gasteiger partial charge on any atom is -0.468 e. The summed E-state index contributed by atoms with van der Waals surface area (Å²) in [6.07, 6.45) is 0.524. The molecule has 1 saturated heterocycles. The number of hydrogen-bond donors (Lipinski definition) is 0. The molecule has 2 atom stereocenters. The average Bonchev–Trinajstić information content (AvgIpc) is 3.14. The molecule has 6 nitrogen and oxygen atoms in total. The fraction of sp³-hybridized carbons (Fsp3) is 0.235.